The third kappa shape index (κ3) is 3.34. The molecule has 0 spiro atoms. The van der Waals surface area contributed by atoms with Crippen LogP contribution in [0.25, 0.3) is 0 Å². The van der Waals surface area contributed by atoms with Crippen LogP contribution in [0.5, 0.6) is 0 Å². The van der Waals surface area contributed by atoms with E-state index in [4.69, 9.17) is 29.6 Å². The van der Waals surface area contributed by atoms with Gasteiger partial charge in [-0.15, -0.1) is 0 Å². The normalized spacial score (nSPS) is 11.4. The third-order valence-electron chi connectivity index (χ3n) is 2.75. The molecule has 0 fully saturated rings. The molecule has 0 saturated heterocycles. The molecule has 2 aromatic rings. The van der Waals surface area contributed by atoms with Crippen LogP contribution in [0, 0.1) is 6.92 Å². The molecule has 0 bridgehead atoms. The fourth-order valence-corrected chi connectivity index (χ4v) is 3.52. The minimum Gasteiger partial charge on any atom is -0.389 e. The summed E-state index contributed by atoms with van der Waals surface area (Å²) in [5.41, 5.74) is 6.69. The second kappa shape index (κ2) is 5.63. The second-order valence-corrected chi connectivity index (χ2v) is 6.91. The van der Waals surface area contributed by atoms with Gasteiger partial charge in [0.25, 0.3) is 10.0 Å². The van der Waals surface area contributed by atoms with E-state index in [-0.39, 0.29) is 14.9 Å². The molecular weight excluding hydrogens is 332 g/mol. The number of nitrogens with zero attached hydrogens (tertiary/aromatic N) is 2. The molecule has 21 heavy (non-hydrogen) atoms. The number of nitrogens with two attached hydrogens (primary N) is 1. The number of hydrogen-bond donors (Lipinski definition) is 2. The van der Waals surface area contributed by atoms with Crippen molar-refractivity contribution in [3.63, 3.8) is 0 Å². The van der Waals surface area contributed by atoms with Crippen molar-refractivity contribution in [1.82, 2.24) is 9.78 Å². The molecule has 6 nitrogen and oxygen atoms in total. The van der Waals surface area contributed by atoms with Gasteiger partial charge in [-0.1, -0.05) is 29.9 Å². The van der Waals surface area contributed by atoms with Gasteiger partial charge in [-0.2, -0.15) is 5.10 Å². The van der Waals surface area contributed by atoms with Crippen LogP contribution in [0.3, 0.4) is 0 Å². The average Bonchev–Trinajstić information content (AvgIpc) is 2.66. The van der Waals surface area contributed by atoms with Crippen LogP contribution >= 0.6 is 23.8 Å². The highest BCUT2D eigenvalue weighted by Crippen LogP contribution is 2.25. The van der Waals surface area contributed by atoms with Gasteiger partial charge < -0.3 is 5.73 Å². The number of anilines is 1. The van der Waals surface area contributed by atoms with Crippen molar-refractivity contribution in [2.45, 2.75) is 11.8 Å². The lowest BCUT2D eigenvalue weighted by Gasteiger charge is -2.10. The Balaban J connectivity index is 2.40. The van der Waals surface area contributed by atoms with Crippen molar-refractivity contribution >= 4 is 44.6 Å². The van der Waals surface area contributed by atoms with Crippen LogP contribution in [-0.2, 0) is 17.1 Å². The van der Waals surface area contributed by atoms with Crippen LogP contribution < -0.4 is 10.5 Å². The van der Waals surface area contributed by atoms with E-state index in [0.717, 1.165) is 0 Å². The van der Waals surface area contributed by atoms with E-state index in [1.54, 1.807) is 20.0 Å². The van der Waals surface area contributed by atoms with Gasteiger partial charge in [0, 0.05) is 18.7 Å². The number of nitrogens with one attached hydrogen (secondary N) is 1. The van der Waals surface area contributed by atoms with E-state index < -0.39 is 10.0 Å². The van der Waals surface area contributed by atoms with Crippen molar-refractivity contribution in [1.29, 1.82) is 0 Å². The quantitative estimate of drug-likeness (QED) is 0.826. The van der Waals surface area contributed by atoms with Crippen molar-refractivity contribution in [2.24, 2.45) is 12.8 Å². The molecule has 112 valence electrons. The smallest absolute Gasteiger partial charge is 0.264 e. The predicted molar refractivity (Wildman–Crippen MR) is 86.1 cm³/mol. The highest BCUT2D eigenvalue weighted by molar-refractivity contribution is 7.92. The molecule has 3 N–H and O–H groups in total. The largest absolute Gasteiger partial charge is 0.389 e. The molecule has 0 saturated carbocycles. The summed E-state index contributed by atoms with van der Waals surface area (Å²) in [7, 11) is -2.18. The van der Waals surface area contributed by atoms with E-state index >= 15 is 0 Å². The Kier molecular flexibility index (Phi) is 4.22. The Morgan fingerprint density at radius 3 is 2.57 bits per heavy atom. The van der Waals surface area contributed by atoms with Crippen LogP contribution in [0.15, 0.2) is 29.2 Å². The zero-order valence-electron chi connectivity index (χ0n) is 11.3. The molecule has 0 atom stereocenters. The second-order valence-electron chi connectivity index (χ2n) is 4.41. The van der Waals surface area contributed by atoms with E-state index in [1.807, 2.05) is 0 Å². The van der Waals surface area contributed by atoms with Crippen LogP contribution in [-0.4, -0.2) is 23.2 Å². The Morgan fingerprint density at radius 1 is 1.43 bits per heavy atom. The van der Waals surface area contributed by atoms with Crippen molar-refractivity contribution in [3.8, 4) is 0 Å². The monoisotopic (exact) mass is 344 g/mol. The highest BCUT2D eigenvalue weighted by Gasteiger charge is 2.20. The summed E-state index contributed by atoms with van der Waals surface area (Å²) in [6.45, 7) is 1.77. The van der Waals surface area contributed by atoms with Crippen LogP contribution in [0.2, 0.25) is 5.02 Å². The maximum atomic E-state index is 12.4. The molecule has 0 unspecified atom stereocenters. The fraction of sp³-hybridized carbons (Fsp3) is 0.167. The van der Waals surface area contributed by atoms with Gasteiger partial charge in [-0.3, -0.25) is 9.40 Å². The standard InChI is InChI=1S/C12H13ClN4O2S2/c1-7-5-11(17(2)15-7)16-21(18,19)10-4-3-8(12(14)20)6-9(10)13/h3-6,16H,1-2H3,(H2,14,20). The first-order chi connectivity index (χ1) is 9.70. The lowest BCUT2D eigenvalue weighted by molar-refractivity contribution is 0.600. The fourth-order valence-electron chi connectivity index (χ4n) is 1.77. The molecule has 1 aromatic carbocycles. The Morgan fingerprint density at radius 2 is 2.10 bits per heavy atom. The number of rotatable bonds is 4. The maximum Gasteiger partial charge on any atom is 0.264 e. The summed E-state index contributed by atoms with van der Waals surface area (Å²) >= 11 is 10.8. The lowest BCUT2D eigenvalue weighted by Crippen LogP contribution is -2.16. The number of aryl methyl sites for hydroxylation is 2. The number of aromatic nitrogens is 2. The van der Waals surface area contributed by atoms with Gasteiger partial charge in [0.05, 0.1) is 10.7 Å². The first kappa shape index (κ1) is 15.7. The summed E-state index contributed by atoms with van der Waals surface area (Å²) in [6.07, 6.45) is 0. The number of halogens is 1. The Bertz CT molecular complexity index is 815. The van der Waals surface area contributed by atoms with Crippen LogP contribution in [0.1, 0.15) is 11.3 Å². The summed E-state index contributed by atoms with van der Waals surface area (Å²) in [5, 5.41) is 4.12. The number of benzene rings is 1. The third-order valence-corrected chi connectivity index (χ3v) is 4.82. The van der Waals surface area contributed by atoms with Crippen molar-refractivity contribution < 1.29 is 8.42 Å². The molecular formula is C12H13ClN4O2S2. The van der Waals surface area contributed by atoms with E-state index in [1.165, 1.54) is 22.9 Å². The highest BCUT2D eigenvalue weighted by atomic mass is 35.5. The molecule has 1 heterocycles. The molecule has 0 amide bonds. The summed E-state index contributed by atoms with van der Waals surface area (Å²) in [5.74, 6) is 0.349. The molecule has 1 aromatic heterocycles. The molecule has 0 aliphatic heterocycles. The molecule has 0 aliphatic carbocycles. The van der Waals surface area contributed by atoms with E-state index in [9.17, 15) is 8.42 Å². The first-order valence-electron chi connectivity index (χ1n) is 5.83. The van der Waals surface area contributed by atoms with Gasteiger partial charge >= 0.3 is 0 Å². The van der Waals surface area contributed by atoms with Gasteiger partial charge in [0.1, 0.15) is 15.7 Å². The number of hydrogen-bond acceptors (Lipinski definition) is 4. The molecule has 0 aliphatic rings. The maximum absolute atomic E-state index is 12.4. The SMILES string of the molecule is Cc1cc(NS(=O)(=O)c2ccc(C(N)=S)cc2Cl)n(C)n1. The molecule has 2 rings (SSSR count). The zero-order valence-corrected chi connectivity index (χ0v) is 13.7. The first-order valence-corrected chi connectivity index (χ1v) is 8.10. The molecule has 9 heteroatoms. The van der Waals surface area contributed by atoms with Gasteiger partial charge in [0.15, 0.2) is 0 Å². The topological polar surface area (TPSA) is 90.0 Å². The van der Waals surface area contributed by atoms with Crippen molar-refractivity contribution in [3.05, 3.63) is 40.5 Å². The summed E-state index contributed by atoms with van der Waals surface area (Å²) < 4.78 is 28.6. The van der Waals surface area contributed by atoms with Gasteiger partial charge in [-0.25, -0.2) is 8.42 Å². The Labute approximate surface area is 133 Å². The number of thiocarbonyl (C=S) groups is 1. The van der Waals surface area contributed by atoms with E-state index in [0.29, 0.717) is 17.1 Å². The predicted octanol–water partition coefficient (Wildman–Crippen LogP) is 1.82. The summed E-state index contributed by atoms with van der Waals surface area (Å²) in [6, 6.07) is 5.92. The Hall–Kier alpha value is -1.64. The minimum absolute atomic E-state index is 0.0479. The van der Waals surface area contributed by atoms with Gasteiger partial charge in [0.2, 0.25) is 0 Å². The summed E-state index contributed by atoms with van der Waals surface area (Å²) in [4.78, 5) is 0.0964. The van der Waals surface area contributed by atoms with Gasteiger partial charge in [-0.05, 0) is 19.1 Å². The number of sulfonamides is 1. The average molecular weight is 345 g/mol. The van der Waals surface area contributed by atoms with Crippen LogP contribution in [0.4, 0.5) is 5.82 Å². The molecule has 0 radical (unpaired) electrons. The minimum atomic E-state index is -3.82. The zero-order chi connectivity index (χ0) is 15.8. The lowest BCUT2D eigenvalue weighted by atomic mass is 10.2. The van der Waals surface area contributed by atoms with E-state index in [2.05, 4.69) is 9.82 Å². The van der Waals surface area contributed by atoms with Crippen molar-refractivity contribution in [2.75, 3.05) is 4.72 Å².